The minimum atomic E-state index is 0.329. The number of hydrogen-bond donors (Lipinski definition) is 0. The fourth-order valence-corrected chi connectivity index (χ4v) is 2.86. The SMILES string of the molecule is COc1ccc(Br)c2c1C[C@@H](n1cccc1)CO2. The fraction of sp³-hybridized carbons (Fsp3) is 0.286. The highest BCUT2D eigenvalue weighted by Crippen LogP contribution is 2.41. The van der Waals surface area contributed by atoms with E-state index in [1.54, 1.807) is 7.11 Å². The number of methoxy groups -OCH3 is 1. The summed E-state index contributed by atoms with van der Waals surface area (Å²) in [7, 11) is 1.70. The van der Waals surface area contributed by atoms with Crippen LogP contribution in [0.1, 0.15) is 11.6 Å². The van der Waals surface area contributed by atoms with Crippen molar-refractivity contribution in [3.05, 3.63) is 46.7 Å². The number of aromatic nitrogens is 1. The lowest BCUT2D eigenvalue weighted by atomic mass is 10.0. The Bertz CT molecular complexity index is 551. The van der Waals surface area contributed by atoms with Gasteiger partial charge in [0.1, 0.15) is 18.1 Å². The molecule has 0 aliphatic carbocycles. The van der Waals surface area contributed by atoms with Gasteiger partial charge in [-0.3, -0.25) is 0 Å². The van der Waals surface area contributed by atoms with Crippen LogP contribution in [0.3, 0.4) is 0 Å². The average molecular weight is 308 g/mol. The molecule has 1 aromatic heterocycles. The Morgan fingerprint density at radius 1 is 1.33 bits per heavy atom. The molecular formula is C14H14BrNO2. The first-order valence-electron chi connectivity index (χ1n) is 5.90. The van der Waals surface area contributed by atoms with Gasteiger partial charge in [0.05, 0.1) is 17.6 Å². The van der Waals surface area contributed by atoms with Crippen LogP contribution in [0.25, 0.3) is 0 Å². The molecule has 3 nitrogen and oxygen atoms in total. The Morgan fingerprint density at radius 2 is 2.11 bits per heavy atom. The van der Waals surface area contributed by atoms with E-state index in [1.165, 1.54) is 0 Å². The molecule has 1 atom stereocenters. The van der Waals surface area contributed by atoms with Crippen LogP contribution in [0, 0.1) is 0 Å². The van der Waals surface area contributed by atoms with Crippen LogP contribution in [-0.2, 0) is 6.42 Å². The smallest absolute Gasteiger partial charge is 0.140 e. The Labute approximate surface area is 114 Å². The van der Waals surface area contributed by atoms with E-state index in [9.17, 15) is 0 Å². The van der Waals surface area contributed by atoms with Crippen molar-refractivity contribution in [2.45, 2.75) is 12.5 Å². The summed E-state index contributed by atoms with van der Waals surface area (Å²) in [6.07, 6.45) is 5.07. The topological polar surface area (TPSA) is 23.4 Å². The maximum absolute atomic E-state index is 5.89. The van der Waals surface area contributed by atoms with E-state index in [0.29, 0.717) is 12.6 Å². The van der Waals surface area contributed by atoms with Gasteiger partial charge in [-0.2, -0.15) is 0 Å². The van der Waals surface area contributed by atoms with Gasteiger partial charge in [-0.15, -0.1) is 0 Å². The second-order valence-corrected chi connectivity index (χ2v) is 5.21. The van der Waals surface area contributed by atoms with E-state index in [1.807, 2.05) is 24.3 Å². The predicted molar refractivity (Wildman–Crippen MR) is 73.4 cm³/mol. The summed E-state index contributed by atoms with van der Waals surface area (Å²) in [5.74, 6) is 1.81. The zero-order chi connectivity index (χ0) is 12.5. The number of nitrogens with zero attached hydrogens (tertiary/aromatic N) is 1. The van der Waals surface area contributed by atoms with E-state index in [0.717, 1.165) is 28.0 Å². The predicted octanol–water partition coefficient (Wildman–Crippen LogP) is 3.44. The van der Waals surface area contributed by atoms with Crippen LogP contribution in [0.2, 0.25) is 0 Å². The lowest BCUT2D eigenvalue weighted by Crippen LogP contribution is -2.24. The van der Waals surface area contributed by atoms with Gasteiger partial charge >= 0.3 is 0 Å². The molecule has 0 saturated heterocycles. The standard InChI is InChI=1S/C14H14BrNO2/c1-17-13-5-4-12(15)14-11(13)8-10(9-18-14)16-6-2-3-7-16/h2-7,10H,8-9H2,1H3/t10-/m1/s1. The summed E-state index contributed by atoms with van der Waals surface area (Å²) >= 11 is 3.53. The molecule has 2 heterocycles. The van der Waals surface area contributed by atoms with Crippen molar-refractivity contribution >= 4 is 15.9 Å². The average Bonchev–Trinajstić information content (AvgIpc) is 2.93. The van der Waals surface area contributed by atoms with Crippen molar-refractivity contribution < 1.29 is 9.47 Å². The molecule has 0 bridgehead atoms. The van der Waals surface area contributed by atoms with E-state index in [2.05, 4.69) is 32.9 Å². The van der Waals surface area contributed by atoms with E-state index >= 15 is 0 Å². The fourth-order valence-electron chi connectivity index (χ4n) is 2.38. The van der Waals surface area contributed by atoms with Crippen molar-refractivity contribution in [3.63, 3.8) is 0 Å². The van der Waals surface area contributed by atoms with Gasteiger partial charge in [0.25, 0.3) is 0 Å². The number of ether oxygens (including phenoxy) is 2. The Kier molecular flexibility index (Phi) is 3.04. The molecule has 0 saturated carbocycles. The van der Waals surface area contributed by atoms with Gasteiger partial charge in [-0.25, -0.2) is 0 Å². The third-order valence-electron chi connectivity index (χ3n) is 3.30. The van der Waals surface area contributed by atoms with Gasteiger partial charge in [0.15, 0.2) is 0 Å². The molecule has 2 aromatic rings. The monoisotopic (exact) mass is 307 g/mol. The minimum Gasteiger partial charge on any atom is -0.496 e. The molecular weight excluding hydrogens is 294 g/mol. The molecule has 0 spiro atoms. The number of fused-ring (bicyclic) bond motifs is 1. The Balaban J connectivity index is 1.98. The molecule has 94 valence electrons. The van der Waals surface area contributed by atoms with Gasteiger partial charge in [0.2, 0.25) is 0 Å². The molecule has 1 aliphatic heterocycles. The second-order valence-electron chi connectivity index (χ2n) is 4.36. The Hall–Kier alpha value is -1.42. The highest BCUT2D eigenvalue weighted by atomic mass is 79.9. The molecule has 0 unspecified atom stereocenters. The Morgan fingerprint density at radius 3 is 2.83 bits per heavy atom. The first kappa shape index (κ1) is 11.7. The lowest BCUT2D eigenvalue weighted by Gasteiger charge is -2.28. The first-order valence-corrected chi connectivity index (χ1v) is 6.69. The minimum absolute atomic E-state index is 0.329. The summed E-state index contributed by atoms with van der Waals surface area (Å²) in [5, 5.41) is 0. The van der Waals surface area contributed by atoms with E-state index in [-0.39, 0.29) is 0 Å². The quantitative estimate of drug-likeness (QED) is 0.848. The zero-order valence-corrected chi connectivity index (χ0v) is 11.7. The number of rotatable bonds is 2. The van der Waals surface area contributed by atoms with Crippen molar-refractivity contribution in [1.82, 2.24) is 4.57 Å². The normalized spacial score (nSPS) is 18.0. The third-order valence-corrected chi connectivity index (χ3v) is 3.92. The molecule has 1 aromatic carbocycles. The molecule has 1 aliphatic rings. The molecule has 0 radical (unpaired) electrons. The summed E-state index contributed by atoms with van der Waals surface area (Å²) in [4.78, 5) is 0. The number of hydrogen-bond acceptors (Lipinski definition) is 2. The highest BCUT2D eigenvalue weighted by Gasteiger charge is 2.25. The third kappa shape index (κ3) is 1.90. The molecule has 0 N–H and O–H groups in total. The van der Waals surface area contributed by atoms with Gasteiger partial charge < -0.3 is 14.0 Å². The summed E-state index contributed by atoms with van der Waals surface area (Å²) < 4.78 is 14.5. The maximum Gasteiger partial charge on any atom is 0.140 e. The van der Waals surface area contributed by atoms with Gasteiger partial charge in [-0.1, -0.05) is 0 Å². The van der Waals surface area contributed by atoms with Crippen molar-refractivity contribution in [2.24, 2.45) is 0 Å². The van der Waals surface area contributed by atoms with Crippen molar-refractivity contribution in [1.29, 1.82) is 0 Å². The van der Waals surface area contributed by atoms with Crippen LogP contribution in [0.5, 0.6) is 11.5 Å². The summed E-state index contributed by atoms with van der Waals surface area (Å²) in [6, 6.07) is 8.34. The van der Waals surface area contributed by atoms with Crippen LogP contribution in [0.4, 0.5) is 0 Å². The summed E-state index contributed by atoms with van der Waals surface area (Å²) in [5.41, 5.74) is 1.14. The molecule has 3 rings (SSSR count). The molecule has 0 fully saturated rings. The van der Waals surface area contributed by atoms with Gasteiger partial charge in [0, 0.05) is 24.4 Å². The maximum atomic E-state index is 5.89. The van der Waals surface area contributed by atoms with Crippen molar-refractivity contribution in [2.75, 3.05) is 13.7 Å². The lowest BCUT2D eigenvalue weighted by molar-refractivity contribution is 0.219. The zero-order valence-electron chi connectivity index (χ0n) is 10.1. The van der Waals surface area contributed by atoms with Crippen LogP contribution in [-0.4, -0.2) is 18.3 Å². The molecule has 18 heavy (non-hydrogen) atoms. The number of halogens is 1. The largest absolute Gasteiger partial charge is 0.496 e. The van der Waals surface area contributed by atoms with Crippen LogP contribution >= 0.6 is 15.9 Å². The van der Waals surface area contributed by atoms with E-state index in [4.69, 9.17) is 9.47 Å². The summed E-state index contributed by atoms with van der Waals surface area (Å²) in [6.45, 7) is 0.688. The van der Waals surface area contributed by atoms with Gasteiger partial charge in [-0.05, 0) is 40.2 Å². The van der Waals surface area contributed by atoms with E-state index < -0.39 is 0 Å². The molecule has 0 amide bonds. The van der Waals surface area contributed by atoms with Crippen LogP contribution in [0.15, 0.2) is 41.1 Å². The van der Waals surface area contributed by atoms with Crippen LogP contribution < -0.4 is 9.47 Å². The second kappa shape index (κ2) is 4.69. The molecule has 4 heteroatoms. The number of benzene rings is 1. The first-order chi connectivity index (χ1) is 8.79. The van der Waals surface area contributed by atoms with Crippen molar-refractivity contribution in [3.8, 4) is 11.5 Å². The highest BCUT2D eigenvalue weighted by molar-refractivity contribution is 9.10.